The van der Waals surface area contributed by atoms with E-state index < -0.39 is 0 Å². The topological polar surface area (TPSA) is 49.8 Å². The molecule has 0 aliphatic carbocycles. The van der Waals surface area contributed by atoms with Crippen molar-refractivity contribution in [2.75, 3.05) is 0 Å². The van der Waals surface area contributed by atoms with Gasteiger partial charge in [-0.15, -0.1) is 0 Å². The predicted octanol–water partition coefficient (Wildman–Crippen LogP) is 1.70. The van der Waals surface area contributed by atoms with Crippen LogP contribution in [0.1, 0.15) is 5.69 Å². The molecule has 0 radical (unpaired) electrons. The molecule has 0 aliphatic heterocycles. The number of hydrogen-bond acceptors (Lipinski definition) is 3. The lowest BCUT2D eigenvalue weighted by atomic mass is 10.3. The molecule has 0 saturated heterocycles. The fourth-order valence-corrected chi connectivity index (χ4v) is 0.929. The summed E-state index contributed by atoms with van der Waals surface area (Å²) in [4.78, 5) is 3.84. The second-order valence-corrected chi connectivity index (χ2v) is 2.14. The molecule has 2 aromatic heterocycles. The molecule has 0 aromatic carbocycles. The number of aromatic nitrogens is 1. The summed E-state index contributed by atoms with van der Waals surface area (Å²) in [5.74, 6) is 0. The highest BCUT2D eigenvalue weighted by Gasteiger charge is 1.97. The van der Waals surface area contributed by atoms with Crippen LogP contribution in [0.25, 0.3) is 11.0 Å². The quantitative estimate of drug-likeness (QED) is 0.565. The largest absolute Gasteiger partial charge is 0.463 e. The lowest BCUT2D eigenvalue weighted by Gasteiger charge is -1.86. The van der Waals surface area contributed by atoms with Crippen LogP contribution in [-0.2, 0) is 0 Å². The van der Waals surface area contributed by atoms with E-state index in [2.05, 4.69) is 4.98 Å². The molecule has 2 rings (SSSR count). The van der Waals surface area contributed by atoms with E-state index in [1.807, 2.05) is 6.07 Å². The molecule has 2 heterocycles. The van der Waals surface area contributed by atoms with E-state index >= 15 is 0 Å². The Kier molecular flexibility index (Phi) is 1.13. The molecule has 0 atom stereocenters. The lowest BCUT2D eigenvalue weighted by Crippen LogP contribution is -1.78. The minimum atomic E-state index is 0.416. The summed E-state index contributed by atoms with van der Waals surface area (Å²) in [5.41, 5.74) is 1.13. The first-order valence-corrected chi connectivity index (χ1v) is 3.13. The van der Waals surface area contributed by atoms with Crippen molar-refractivity contribution < 1.29 is 4.42 Å². The Morgan fingerprint density at radius 2 is 2.45 bits per heavy atom. The van der Waals surface area contributed by atoms with Gasteiger partial charge in [-0.1, -0.05) is 0 Å². The zero-order valence-electron chi connectivity index (χ0n) is 5.61. The van der Waals surface area contributed by atoms with Gasteiger partial charge < -0.3 is 4.42 Å². The summed E-state index contributed by atoms with van der Waals surface area (Å²) in [6.45, 7) is 0. The lowest BCUT2D eigenvalue weighted by molar-refractivity contribution is 0.614. The molecule has 11 heavy (non-hydrogen) atoms. The monoisotopic (exact) mass is 144 g/mol. The summed E-state index contributed by atoms with van der Waals surface area (Å²) in [7, 11) is 0. The molecule has 52 valence electrons. The molecule has 0 bridgehead atoms. The zero-order chi connectivity index (χ0) is 7.68. The van der Waals surface area contributed by atoms with Crippen molar-refractivity contribution >= 4 is 11.0 Å². The summed E-state index contributed by atoms with van der Waals surface area (Å²) < 4.78 is 5.05. The standard InChI is InChI=1S/C8H4N2O/c9-4-7-3-6-1-2-11-8(6)5-10-7/h1-3,5H. The van der Waals surface area contributed by atoms with Crippen molar-refractivity contribution in [3.63, 3.8) is 0 Å². The molecule has 3 heteroatoms. The molecule has 0 unspecified atom stereocenters. The highest BCUT2D eigenvalue weighted by atomic mass is 16.3. The van der Waals surface area contributed by atoms with Gasteiger partial charge in [-0.05, 0) is 12.1 Å². The fraction of sp³-hybridized carbons (Fsp3) is 0. The number of fused-ring (bicyclic) bond motifs is 1. The molecule has 0 spiro atoms. The first-order valence-electron chi connectivity index (χ1n) is 3.13. The smallest absolute Gasteiger partial charge is 0.152 e. The van der Waals surface area contributed by atoms with Crippen LogP contribution in [0.3, 0.4) is 0 Å². The maximum Gasteiger partial charge on any atom is 0.152 e. The van der Waals surface area contributed by atoms with Crippen LogP contribution < -0.4 is 0 Å². The Hall–Kier alpha value is -1.82. The van der Waals surface area contributed by atoms with E-state index in [9.17, 15) is 0 Å². The maximum absolute atomic E-state index is 8.49. The Balaban J connectivity index is 2.79. The van der Waals surface area contributed by atoms with Gasteiger partial charge in [0.2, 0.25) is 0 Å². The van der Waals surface area contributed by atoms with Crippen molar-refractivity contribution in [2.24, 2.45) is 0 Å². The average Bonchev–Trinajstić information content (AvgIpc) is 2.50. The van der Waals surface area contributed by atoms with Gasteiger partial charge in [-0.25, -0.2) is 4.98 Å². The SMILES string of the molecule is N#Cc1cc2ccoc2cn1. The van der Waals surface area contributed by atoms with Crippen molar-refractivity contribution in [2.45, 2.75) is 0 Å². The van der Waals surface area contributed by atoms with Gasteiger partial charge in [-0.2, -0.15) is 5.26 Å². The van der Waals surface area contributed by atoms with E-state index in [0.29, 0.717) is 11.3 Å². The molecule has 0 saturated carbocycles. The van der Waals surface area contributed by atoms with Crippen molar-refractivity contribution in [3.05, 3.63) is 30.3 Å². The number of furan rings is 1. The number of rotatable bonds is 0. The van der Waals surface area contributed by atoms with Crippen LogP contribution in [0.4, 0.5) is 0 Å². The third-order valence-electron chi connectivity index (χ3n) is 1.45. The van der Waals surface area contributed by atoms with E-state index in [-0.39, 0.29) is 0 Å². The highest BCUT2D eigenvalue weighted by molar-refractivity contribution is 5.76. The van der Waals surface area contributed by atoms with Crippen molar-refractivity contribution in [1.29, 1.82) is 5.26 Å². The summed E-state index contributed by atoms with van der Waals surface area (Å²) in [5, 5.41) is 9.40. The molecule has 0 aliphatic rings. The number of nitriles is 1. The van der Waals surface area contributed by atoms with Crippen molar-refractivity contribution in [3.8, 4) is 6.07 Å². The average molecular weight is 144 g/mol. The van der Waals surface area contributed by atoms with Crippen LogP contribution in [0, 0.1) is 11.3 Å². The third kappa shape index (κ3) is 0.849. The van der Waals surface area contributed by atoms with Gasteiger partial charge in [0.25, 0.3) is 0 Å². The number of hydrogen-bond donors (Lipinski definition) is 0. The van der Waals surface area contributed by atoms with Gasteiger partial charge in [0.05, 0.1) is 12.5 Å². The normalized spacial score (nSPS) is 9.73. The Bertz CT molecular complexity index is 425. The number of pyridine rings is 1. The molecule has 0 fully saturated rings. The van der Waals surface area contributed by atoms with Gasteiger partial charge in [0.1, 0.15) is 11.8 Å². The van der Waals surface area contributed by atoms with E-state index in [4.69, 9.17) is 9.68 Å². The maximum atomic E-state index is 8.49. The minimum Gasteiger partial charge on any atom is -0.463 e. The van der Waals surface area contributed by atoms with Crippen LogP contribution in [0.15, 0.2) is 29.0 Å². The van der Waals surface area contributed by atoms with Crippen LogP contribution in [0.2, 0.25) is 0 Å². The molecule has 0 N–H and O–H groups in total. The first-order chi connectivity index (χ1) is 5.40. The molecular formula is C8H4N2O. The Labute approximate surface area is 62.9 Å². The Morgan fingerprint density at radius 3 is 3.27 bits per heavy atom. The van der Waals surface area contributed by atoms with E-state index in [1.165, 1.54) is 0 Å². The van der Waals surface area contributed by atoms with Gasteiger partial charge >= 0.3 is 0 Å². The summed E-state index contributed by atoms with van der Waals surface area (Å²) in [6.07, 6.45) is 3.13. The fourth-order valence-electron chi connectivity index (χ4n) is 0.929. The predicted molar refractivity (Wildman–Crippen MR) is 38.7 cm³/mol. The molecule has 2 aromatic rings. The highest BCUT2D eigenvalue weighted by Crippen LogP contribution is 2.13. The minimum absolute atomic E-state index is 0.416. The first kappa shape index (κ1) is 5.93. The molecule has 3 nitrogen and oxygen atoms in total. The summed E-state index contributed by atoms with van der Waals surface area (Å²) >= 11 is 0. The van der Waals surface area contributed by atoms with Gasteiger partial charge in [0, 0.05) is 5.39 Å². The molecule has 0 amide bonds. The molecular weight excluding hydrogens is 140 g/mol. The van der Waals surface area contributed by atoms with Crippen LogP contribution >= 0.6 is 0 Å². The Morgan fingerprint density at radius 1 is 1.55 bits per heavy atom. The van der Waals surface area contributed by atoms with Gasteiger partial charge in [-0.3, -0.25) is 0 Å². The van der Waals surface area contributed by atoms with Gasteiger partial charge in [0.15, 0.2) is 5.58 Å². The van der Waals surface area contributed by atoms with E-state index in [1.54, 1.807) is 24.6 Å². The summed E-state index contributed by atoms with van der Waals surface area (Å²) in [6, 6.07) is 5.45. The van der Waals surface area contributed by atoms with E-state index in [0.717, 1.165) is 5.39 Å². The second kappa shape index (κ2) is 2.10. The van der Waals surface area contributed by atoms with Crippen LogP contribution in [0.5, 0.6) is 0 Å². The zero-order valence-corrected chi connectivity index (χ0v) is 5.61. The number of nitrogens with zero attached hydrogens (tertiary/aromatic N) is 2. The van der Waals surface area contributed by atoms with Crippen LogP contribution in [-0.4, -0.2) is 4.98 Å². The van der Waals surface area contributed by atoms with Crippen molar-refractivity contribution in [1.82, 2.24) is 4.98 Å². The second-order valence-electron chi connectivity index (χ2n) is 2.14. The third-order valence-corrected chi connectivity index (χ3v) is 1.45.